The summed E-state index contributed by atoms with van der Waals surface area (Å²) < 4.78 is 11.2. The average Bonchev–Trinajstić information content (AvgIpc) is 2.61. The number of hydrogen-bond donors (Lipinski definition) is 0. The van der Waals surface area contributed by atoms with Crippen LogP contribution in [0.15, 0.2) is 36.4 Å². The standard InChI is InChI=1S/C18H23N3O2/c1-14-8-9-18(20-19-14)21-10-4-5-15(12-21)13-23-17-7-3-6-16(11-17)22-2/h3,6-9,11,15H,4-5,10,12-13H2,1-2H3/t15-/m1/s1. The highest BCUT2D eigenvalue weighted by atomic mass is 16.5. The van der Waals surface area contributed by atoms with Gasteiger partial charge in [-0.1, -0.05) is 6.07 Å². The summed E-state index contributed by atoms with van der Waals surface area (Å²) in [5.74, 6) is 3.14. The summed E-state index contributed by atoms with van der Waals surface area (Å²) in [5, 5.41) is 8.45. The van der Waals surface area contributed by atoms with Gasteiger partial charge in [-0.2, -0.15) is 5.10 Å². The minimum atomic E-state index is 0.498. The molecule has 0 unspecified atom stereocenters. The summed E-state index contributed by atoms with van der Waals surface area (Å²) in [6.07, 6.45) is 2.33. The smallest absolute Gasteiger partial charge is 0.151 e. The lowest BCUT2D eigenvalue weighted by atomic mass is 9.99. The molecule has 1 aliphatic heterocycles. The van der Waals surface area contributed by atoms with Crippen molar-refractivity contribution in [1.82, 2.24) is 10.2 Å². The summed E-state index contributed by atoms with van der Waals surface area (Å²) in [6, 6.07) is 11.8. The van der Waals surface area contributed by atoms with Crippen molar-refractivity contribution in [3.05, 3.63) is 42.1 Å². The molecule has 3 rings (SSSR count). The molecule has 1 aromatic carbocycles. The summed E-state index contributed by atoms with van der Waals surface area (Å²) in [7, 11) is 1.67. The van der Waals surface area contributed by atoms with Crippen LogP contribution in [0.4, 0.5) is 5.82 Å². The zero-order valence-corrected chi connectivity index (χ0v) is 13.7. The zero-order chi connectivity index (χ0) is 16.1. The van der Waals surface area contributed by atoms with Crippen molar-refractivity contribution in [2.75, 3.05) is 31.7 Å². The Kier molecular flexibility index (Phi) is 4.95. The SMILES string of the molecule is COc1cccc(OC[C@@H]2CCCN(c3ccc(C)nn3)C2)c1. The Balaban J connectivity index is 1.57. The number of benzene rings is 1. The van der Waals surface area contributed by atoms with Gasteiger partial charge in [0.15, 0.2) is 5.82 Å². The summed E-state index contributed by atoms with van der Waals surface area (Å²) in [6.45, 7) is 4.66. The molecule has 1 saturated heterocycles. The predicted molar refractivity (Wildman–Crippen MR) is 90.2 cm³/mol. The van der Waals surface area contributed by atoms with Crippen LogP contribution >= 0.6 is 0 Å². The van der Waals surface area contributed by atoms with Crippen molar-refractivity contribution >= 4 is 5.82 Å². The van der Waals surface area contributed by atoms with Gasteiger partial charge < -0.3 is 14.4 Å². The van der Waals surface area contributed by atoms with Crippen molar-refractivity contribution in [2.24, 2.45) is 5.92 Å². The Morgan fingerprint density at radius 3 is 2.83 bits per heavy atom. The molecule has 2 heterocycles. The second kappa shape index (κ2) is 7.31. The summed E-state index contributed by atoms with van der Waals surface area (Å²) in [5.41, 5.74) is 0.948. The largest absolute Gasteiger partial charge is 0.497 e. The molecule has 122 valence electrons. The van der Waals surface area contributed by atoms with E-state index in [9.17, 15) is 0 Å². The highest BCUT2D eigenvalue weighted by Crippen LogP contribution is 2.24. The van der Waals surface area contributed by atoms with Gasteiger partial charge >= 0.3 is 0 Å². The first-order chi connectivity index (χ1) is 11.2. The Labute approximate surface area is 137 Å². The normalized spacial score (nSPS) is 17.8. The van der Waals surface area contributed by atoms with Gasteiger partial charge in [-0.05, 0) is 44.0 Å². The molecule has 0 saturated carbocycles. The van der Waals surface area contributed by atoms with Gasteiger partial charge in [-0.25, -0.2) is 0 Å². The number of anilines is 1. The molecule has 5 nitrogen and oxygen atoms in total. The van der Waals surface area contributed by atoms with Crippen LogP contribution in [0.25, 0.3) is 0 Å². The number of aryl methyl sites for hydroxylation is 1. The van der Waals surface area contributed by atoms with Gasteiger partial charge in [0.2, 0.25) is 0 Å². The fraction of sp³-hybridized carbons (Fsp3) is 0.444. The third-order valence-electron chi connectivity index (χ3n) is 4.15. The first-order valence-electron chi connectivity index (χ1n) is 8.07. The molecule has 1 aliphatic rings. The number of hydrogen-bond acceptors (Lipinski definition) is 5. The summed E-state index contributed by atoms with van der Waals surface area (Å²) in [4.78, 5) is 2.30. The lowest BCUT2D eigenvalue weighted by Gasteiger charge is -2.33. The van der Waals surface area contributed by atoms with E-state index in [1.54, 1.807) is 7.11 Å². The highest BCUT2D eigenvalue weighted by Gasteiger charge is 2.21. The summed E-state index contributed by atoms with van der Waals surface area (Å²) >= 11 is 0. The van der Waals surface area contributed by atoms with E-state index in [2.05, 4.69) is 15.1 Å². The van der Waals surface area contributed by atoms with Crippen LogP contribution < -0.4 is 14.4 Å². The lowest BCUT2D eigenvalue weighted by molar-refractivity contribution is 0.227. The van der Waals surface area contributed by atoms with Crippen molar-refractivity contribution in [1.29, 1.82) is 0 Å². The maximum atomic E-state index is 5.95. The Hall–Kier alpha value is -2.30. The van der Waals surface area contributed by atoms with E-state index in [1.165, 1.54) is 6.42 Å². The molecule has 1 fully saturated rings. The van der Waals surface area contributed by atoms with Crippen LogP contribution in [0.3, 0.4) is 0 Å². The second-order valence-corrected chi connectivity index (χ2v) is 5.98. The average molecular weight is 313 g/mol. The Morgan fingerprint density at radius 1 is 1.17 bits per heavy atom. The van der Waals surface area contributed by atoms with E-state index in [0.717, 1.165) is 42.5 Å². The van der Waals surface area contributed by atoms with Gasteiger partial charge in [0, 0.05) is 25.1 Å². The van der Waals surface area contributed by atoms with Gasteiger partial charge in [0.05, 0.1) is 19.4 Å². The van der Waals surface area contributed by atoms with Crippen LogP contribution in [0.1, 0.15) is 18.5 Å². The molecule has 1 aromatic heterocycles. The third kappa shape index (κ3) is 4.12. The van der Waals surface area contributed by atoms with Crippen molar-refractivity contribution in [3.8, 4) is 11.5 Å². The van der Waals surface area contributed by atoms with Crippen LogP contribution in [0.2, 0.25) is 0 Å². The van der Waals surface area contributed by atoms with Crippen molar-refractivity contribution in [2.45, 2.75) is 19.8 Å². The van der Waals surface area contributed by atoms with Crippen LogP contribution in [-0.2, 0) is 0 Å². The zero-order valence-electron chi connectivity index (χ0n) is 13.7. The molecular weight excluding hydrogens is 290 g/mol. The van der Waals surface area contributed by atoms with Crippen LogP contribution in [-0.4, -0.2) is 37.0 Å². The number of nitrogens with zero attached hydrogens (tertiary/aromatic N) is 3. The van der Waals surface area contributed by atoms with Crippen LogP contribution in [0.5, 0.6) is 11.5 Å². The van der Waals surface area contributed by atoms with E-state index in [1.807, 2.05) is 43.3 Å². The molecule has 1 atom stereocenters. The number of piperidine rings is 1. The van der Waals surface area contributed by atoms with Crippen molar-refractivity contribution in [3.63, 3.8) is 0 Å². The highest BCUT2D eigenvalue weighted by molar-refractivity contribution is 5.38. The van der Waals surface area contributed by atoms with E-state index < -0.39 is 0 Å². The fourth-order valence-electron chi connectivity index (χ4n) is 2.87. The van der Waals surface area contributed by atoms with Gasteiger partial charge in [-0.3, -0.25) is 0 Å². The van der Waals surface area contributed by atoms with E-state index >= 15 is 0 Å². The molecule has 0 N–H and O–H groups in total. The maximum Gasteiger partial charge on any atom is 0.151 e. The van der Waals surface area contributed by atoms with E-state index in [0.29, 0.717) is 12.5 Å². The maximum absolute atomic E-state index is 5.95. The topological polar surface area (TPSA) is 47.5 Å². The molecule has 5 heteroatoms. The second-order valence-electron chi connectivity index (χ2n) is 5.98. The lowest BCUT2D eigenvalue weighted by Crippen LogP contribution is -2.38. The number of ether oxygens (including phenoxy) is 2. The third-order valence-corrected chi connectivity index (χ3v) is 4.15. The molecular formula is C18H23N3O2. The number of rotatable bonds is 5. The van der Waals surface area contributed by atoms with Crippen LogP contribution in [0, 0.1) is 12.8 Å². The molecule has 0 bridgehead atoms. The molecule has 0 amide bonds. The van der Waals surface area contributed by atoms with Gasteiger partial charge in [0.25, 0.3) is 0 Å². The van der Waals surface area contributed by atoms with Crippen molar-refractivity contribution < 1.29 is 9.47 Å². The molecule has 2 aromatic rings. The fourth-order valence-corrected chi connectivity index (χ4v) is 2.87. The molecule has 23 heavy (non-hydrogen) atoms. The number of aromatic nitrogens is 2. The van der Waals surface area contributed by atoms with E-state index in [-0.39, 0.29) is 0 Å². The monoisotopic (exact) mass is 313 g/mol. The molecule has 0 aliphatic carbocycles. The Bertz CT molecular complexity index is 630. The first kappa shape index (κ1) is 15.6. The minimum Gasteiger partial charge on any atom is -0.497 e. The van der Waals surface area contributed by atoms with E-state index in [4.69, 9.17) is 9.47 Å². The predicted octanol–water partition coefficient (Wildman–Crippen LogP) is 3.09. The van der Waals surface area contributed by atoms with Gasteiger partial charge in [0.1, 0.15) is 11.5 Å². The first-order valence-corrected chi connectivity index (χ1v) is 8.07. The van der Waals surface area contributed by atoms with Gasteiger partial charge in [-0.15, -0.1) is 5.10 Å². The molecule has 0 radical (unpaired) electrons. The quantitative estimate of drug-likeness (QED) is 0.849. The molecule has 0 spiro atoms. The Morgan fingerprint density at radius 2 is 2.04 bits per heavy atom. The minimum absolute atomic E-state index is 0.498. The number of methoxy groups -OCH3 is 1.